The van der Waals surface area contributed by atoms with Crippen molar-refractivity contribution in [3.63, 3.8) is 0 Å². The van der Waals surface area contributed by atoms with E-state index in [2.05, 4.69) is 31.3 Å². The molecule has 0 saturated heterocycles. The average Bonchev–Trinajstić information content (AvgIpc) is 2.52. The average molecular weight is 328 g/mol. The third-order valence-corrected chi connectivity index (χ3v) is 3.64. The van der Waals surface area contributed by atoms with Crippen LogP contribution in [0, 0.1) is 5.92 Å². The van der Waals surface area contributed by atoms with E-state index in [9.17, 15) is 4.79 Å². The van der Waals surface area contributed by atoms with Crippen LogP contribution in [0.2, 0.25) is 5.02 Å². The van der Waals surface area contributed by atoms with Gasteiger partial charge in [0.05, 0.1) is 0 Å². The maximum absolute atomic E-state index is 11.9. The lowest BCUT2D eigenvalue weighted by Gasteiger charge is -2.05. The van der Waals surface area contributed by atoms with E-state index >= 15 is 0 Å². The lowest BCUT2D eigenvalue weighted by molar-refractivity contribution is -0.116. The van der Waals surface area contributed by atoms with Gasteiger partial charge in [-0.2, -0.15) is 0 Å². The van der Waals surface area contributed by atoms with Crippen molar-refractivity contribution >= 4 is 23.6 Å². The second kappa shape index (κ2) is 8.54. The molecule has 0 bridgehead atoms. The molecule has 0 spiro atoms. The molecule has 23 heavy (non-hydrogen) atoms. The summed E-state index contributed by atoms with van der Waals surface area (Å²) in [6, 6.07) is 15.8. The number of carbonyl (C=O) groups excluding carboxylic acids is 1. The number of rotatable bonds is 6. The molecule has 0 aromatic heterocycles. The molecule has 120 valence electrons. The Bertz CT molecular complexity index is 674. The molecule has 2 aromatic rings. The predicted molar refractivity (Wildman–Crippen MR) is 97.3 cm³/mol. The standard InChI is InChI=1S/C20H22ClNO/c1-15(2)12-17-8-6-16(7-9-17)10-11-20(23)22-14-18-4-3-5-19(21)13-18/h3-11,13,15H,12,14H2,1-2H3,(H,22,23). The lowest BCUT2D eigenvalue weighted by Crippen LogP contribution is -2.20. The minimum atomic E-state index is -0.115. The number of carbonyl (C=O) groups is 1. The molecule has 0 atom stereocenters. The molecule has 0 saturated carbocycles. The maximum atomic E-state index is 11.9. The highest BCUT2D eigenvalue weighted by Gasteiger charge is 1.99. The molecule has 0 aliphatic rings. The van der Waals surface area contributed by atoms with Gasteiger partial charge >= 0.3 is 0 Å². The van der Waals surface area contributed by atoms with Gasteiger partial charge in [0, 0.05) is 17.6 Å². The number of hydrogen-bond acceptors (Lipinski definition) is 1. The number of halogens is 1. The van der Waals surface area contributed by atoms with Crippen LogP contribution in [0.1, 0.15) is 30.5 Å². The Morgan fingerprint density at radius 2 is 1.87 bits per heavy atom. The molecule has 3 heteroatoms. The molecule has 2 nitrogen and oxygen atoms in total. The van der Waals surface area contributed by atoms with E-state index in [1.54, 1.807) is 6.08 Å². The van der Waals surface area contributed by atoms with Gasteiger partial charge in [0.2, 0.25) is 5.91 Å². The van der Waals surface area contributed by atoms with Gasteiger partial charge in [-0.15, -0.1) is 0 Å². The van der Waals surface area contributed by atoms with Gasteiger partial charge in [-0.1, -0.05) is 61.8 Å². The molecule has 0 heterocycles. The van der Waals surface area contributed by atoms with Gasteiger partial charge in [0.15, 0.2) is 0 Å². The van der Waals surface area contributed by atoms with Crippen molar-refractivity contribution in [2.75, 3.05) is 0 Å². The summed E-state index contributed by atoms with van der Waals surface area (Å²) >= 11 is 5.92. The Hall–Kier alpha value is -2.06. The van der Waals surface area contributed by atoms with E-state index in [0.29, 0.717) is 17.5 Å². The van der Waals surface area contributed by atoms with Crippen molar-refractivity contribution in [1.29, 1.82) is 0 Å². The number of hydrogen-bond donors (Lipinski definition) is 1. The summed E-state index contributed by atoms with van der Waals surface area (Å²) in [7, 11) is 0. The Morgan fingerprint density at radius 3 is 2.52 bits per heavy atom. The molecule has 0 unspecified atom stereocenters. The highest BCUT2D eigenvalue weighted by molar-refractivity contribution is 6.30. The van der Waals surface area contributed by atoms with E-state index in [1.165, 1.54) is 5.56 Å². The fourth-order valence-corrected chi connectivity index (χ4v) is 2.52. The number of amides is 1. The second-order valence-electron chi connectivity index (χ2n) is 6.02. The zero-order chi connectivity index (χ0) is 16.7. The van der Waals surface area contributed by atoms with Crippen LogP contribution in [-0.2, 0) is 17.8 Å². The normalized spacial score (nSPS) is 11.1. The van der Waals surface area contributed by atoms with Crippen LogP contribution in [0.5, 0.6) is 0 Å². The van der Waals surface area contributed by atoms with Gasteiger partial charge in [0.1, 0.15) is 0 Å². The van der Waals surface area contributed by atoms with Crippen LogP contribution in [0.3, 0.4) is 0 Å². The smallest absolute Gasteiger partial charge is 0.244 e. The number of benzene rings is 2. The minimum Gasteiger partial charge on any atom is -0.348 e. The van der Waals surface area contributed by atoms with E-state index in [1.807, 2.05) is 42.5 Å². The molecular weight excluding hydrogens is 306 g/mol. The summed E-state index contributed by atoms with van der Waals surface area (Å²) in [5.41, 5.74) is 3.33. The van der Waals surface area contributed by atoms with Crippen molar-refractivity contribution in [3.05, 3.63) is 76.3 Å². The zero-order valence-electron chi connectivity index (χ0n) is 13.6. The van der Waals surface area contributed by atoms with Crippen molar-refractivity contribution in [3.8, 4) is 0 Å². The minimum absolute atomic E-state index is 0.115. The fraction of sp³-hybridized carbons (Fsp3) is 0.250. The summed E-state index contributed by atoms with van der Waals surface area (Å²) in [4.78, 5) is 11.9. The predicted octanol–water partition coefficient (Wildman–Crippen LogP) is 4.87. The third-order valence-electron chi connectivity index (χ3n) is 3.41. The summed E-state index contributed by atoms with van der Waals surface area (Å²) in [6.45, 7) is 4.88. The van der Waals surface area contributed by atoms with E-state index in [0.717, 1.165) is 17.5 Å². The van der Waals surface area contributed by atoms with Gasteiger partial charge in [-0.05, 0) is 47.2 Å². The van der Waals surface area contributed by atoms with Gasteiger partial charge in [-0.25, -0.2) is 0 Å². The molecule has 2 rings (SSSR count). The lowest BCUT2D eigenvalue weighted by atomic mass is 10.0. The van der Waals surface area contributed by atoms with Crippen molar-refractivity contribution in [2.45, 2.75) is 26.8 Å². The molecule has 0 radical (unpaired) electrons. The topological polar surface area (TPSA) is 29.1 Å². The molecule has 1 N–H and O–H groups in total. The van der Waals surface area contributed by atoms with Crippen molar-refractivity contribution < 1.29 is 4.79 Å². The quantitative estimate of drug-likeness (QED) is 0.754. The monoisotopic (exact) mass is 327 g/mol. The summed E-state index contributed by atoms with van der Waals surface area (Å²) in [6.07, 6.45) is 4.46. The zero-order valence-corrected chi connectivity index (χ0v) is 14.3. The Kier molecular flexibility index (Phi) is 6.42. The Balaban J connectivity index is 1.85. The fourth-order valence-electron chi connectivity index (χ4n) is 2.30. The molecular formula is C20H22ClNO. The second-order valence-corrected chi connectivity index (χ2v) is 6.46. The summed E-state index contributed by atoms with van der Waals surface area (Å²) in [5.74, 6) is 0.532. The van der Waals surface area contributed by atoms with Crippen LogP contribution in [0.15, 0.2) is 54.6 Å². The first kappa shape index (κ1) is 17.3. The highest BCUT2D eigenvalue weighted by atomic mass is 35.5. The van der Waals surface area contributed by atoms with Gasteiger partial charge in [-0.3, -0.25) is 4.79 Å². The molecule has 2 aromatic carbocycles. The van der Waals surface area contributed by atoms with E-state index in [-0.39, 0.29) is 5.91 Å². The summed E-state index contributed by atoms with van der Waals surface area (Å²) < 4.78 is 0. The Labute approximate surface area is 143 Å². The van der Waals surface area contributed by atoms with Crippen LogP contribution in [-0.4, -0.2) is 5.91 Å². The van der Waals surface area contributed by atoms with E-state index < -0.39 is 0 Å². The van der Waals surface area contributed by atoms with Crippen molar-refractivity contribution in [1.82, 2.24) is 5.32 Å². The molecule has 0 fully saturated rings. The maximum Gasteiger partial charge on any atom is 0.244 e. The highest BCUT2D eigenvalue weighted by Crippen LogP contribution is 2.11. The first-order valence-electron chi connectivity index (χ1n) is 7.82. The van der Waals surface area contributed by atoms with E-state index in [4.69, 9.17) is 11.6 Å². The first-order chi connectivity index (χ1) is 11.0. The molecule has 1 amide bonds. The third kappa shape index (κ3) is 6.29. The van der Waals surface area contributed by atoms with Crippen LogP contribution < -0.4 is 5.32 Å². The first-order valence-corrected chi connectivity index (χ1v) is 8.20. The largest absolute Gasteiger partial charge is 0.348 e. The van der Waals surface area contributed by atoms with Crippen LogP contribution in [0.4, 0.5) is 0 Å². The molecule has 0 aliphatic carbocycles. The SMILES string of the molecule is CC(C)Cc1ccc(C=CC(=O)NCc2cccc(Cl)c2)cc1. The Morgan fingerprint density at radius 1 is 1.13 bits per heavy atom. The number of nitrogens with one attached hydrogen (secondary N) is 1. The van der Waals surface area contributed by atoms with Gasteiger partial charge in [0.25, 0.3) is 0 Å². The molecule has 0 aliphatic heterocycles. The van der Waals surface area contributed by atoms with Crippen LogP contribution >= 0.6 is 11.6 Å². The van der Waals surface area contributed by atoms with Crippen LogP contribution in [0.25, 0.3) is 6.08 Å². The van der Waals surface area contributed by atoms with Crippen molar-refractivity contribution in [2.24, 2.45) is 5.92 Å². The summed E-state index contributed by atoms with van der Waals surface area (Å²) in [5, 5.41) is 3.52. The van der Waals surface area contributed by atoms with Gasteiger partial charge < -0.3 is 5.32 Å².